The number of pyridine rings is 2. The first-order chi connectivity index (χ1) is 20.5. The third kappa shape index (κ3) is 3.28. The molecule has 0 atom stereocenters. The van der Waals surface area contributed by atoms with Crippen LogP contribution in [0.2, 0.25) is 0 Å². The molecule has 0 unspecified atom stereocenters. The highest BCUT2D eigenvalue weighted by atomic mass is 16.3. The molecule has 8 aromatic rings. The van der Waals surface area contributed by atoms with E-state index in [2.05, 4.69) is 105 Å². The summed E-state index contributed by atoms with van der Waals surface area (Å²) in [6, 6.07) is 41.0. The molecule has 3 heterocycles. The summed E-state index contributed by atoms with van der Waals surface area (Å²) < 4.78 is 6.09. The van der Waals surface area contributed by atoms with Gasteiger partial charge in [0.2, 0.25) is 0 Å². The summed E-state index contributed by atoms with van der Waals surface area (Å²) in [5.41, 5.74) is 11.9. The van der Waals surface area contributed by atoms with E-state index in [0.29, 0.717) is 0 Å². The summed E-state index contributed by atoms with van der Waals surface area (Å²) in [6.07, 6.45) is 1.86. The lowest BCUT2D eigenvalue weighted by Crippen LogP contribution is -2.15. The van der Waals surface area contributed by atoms with E-state index < -0.39 is 0 Å². The molecule has 198 valence electrons. The first kappa shape index (κ1) is 23.4. The molecule has 3 nitrogen and oxygen atoms in total. The van der Waals surface area contributed by atoms with Crippen LogP contribution in [0.3, 0.4) is 0 Å². The maximum atomic E-state index is 6.09. The molecular formula is C39H26N2O. The van der Waals surface area contributed by atoms with Crippen molar-refractivity contribution in [2.24, 2.45) is 0 Å². The van der Waals surface area contributed by atoms with Crippen LogP contribution in [0.5, 0.6) is 0 Å². The van der Waals surface area contributed by atoms with Crippen LogP contribution < -0.4 is 0 Å². The predicted octanol–water partition coefficient (Wildman–Crippen LogP) is 10.3. The van der Waals surface area contributed by atoms with Crippen LogP contribution in [0.1, 0.15) is 25.0 Å². The van der Waals surface area contributed by atoms with Gasteiger partial charge in [-0.1, -0.05) is 68.4 Å². The number of rotatable bonds is 2. The zero-order chi connectivity index (χ0) is 28.0. The van der Waals surface area contributed by atoms with Crippen molar-refractivity contribution < 1.29 is 4.42 Å². The number of aromatic nitrogens is 2. The minimum absolute atomic E-state index is 0.121. The fourth-order valence-electron chi connectivity index (χ4n) is 6.90. The summed E-state index contributed by atoms with van der Waals surface area (Å²) in [5, 5.41) is 5.82. The lowest BCUT2D eigenvalue weighted by atomic mass is 9.81. The van der Waals surface area contributed by atoms with Crippen molar-refractivity contribution in [3.8, 4) is 33.6 Å². The minimum Gasteiger partial charge on any atom is -0.456 e. The van der Waals surface area contributed by atoms with Crippen LogP contribution in [-0.2, 0) is 5.41 Å². The molecule has 0 bridgehead atoms. The first-order valence-corrected chi connectivity index (χ1v) is 14.4. The van der Waals surface area contributed by atoms with Crippen molar-refractivity contribution in [2.75, 3.05) is 0 Å². The van der Waals surface area contributed by atoms with Gasteiger partial charge in [0.25, 0.3) is 0 Å². The molecule has 0 amide bonds. The van der Waals surface area contributed by atoms with Crippen LogP contribution in [0, 0.1) is 0 Å². The predicted molar refractivity (Wildman–Crippen MR) is 173 cm³/mol. The molecule has 0 saturated heterocycles. The Balaban J connectivity index is 1.24. The lowest BCUT2D eigenvalue weighted by molar-refractivity contribution is 0.661. The molecule has 1 aliphatic carbocycles. The number of para-hydroxylation sites is 1. The Morgan fingerprint density at radius 1 is 0.571 bits per heavy atom. The number of nitrogens with zero attached hydrogens (tertiary/aromatic N) is 2. The van der Waals surface area contributed by atoms with Gasteiger partial charge in [-0.15, -0.1) is 0 Å². The monoisotopic (exact) mass is 538 g/mol. The molecule has 3 aromatic heterocycles. The second kappa shape index (κ2) is 8.37. The Labute approximate surface area is 243 Å². The van der Waals surface area contributed by atoms with Gasteiger partial charge < -0.3 is 4.42 Å². The molecule has 0 aliphatic heterocycles. The van der Waals surface area contributed by atoms with Crippen LogP contribution in [0.4, 0.5) is 0 Å². The quantitative estimate of drug-likeness (QED) is 0.220. The maximum absolute atomic E-state index is 6.09. The highest BCUT2D eigenvalue weighted by Crippen LogP contribution is 2.51. The number of fused-ring (bicyclic) bond motifs is 8. The van der Waals surface area contributed by atoms with E-state index >= 15 is 0 Å². The fourth-order valence-corrected chi connectivity index (χ4v) is 6.90. The largest absolute Gasteiger partial charge is 0.456 e. The second-order valence-corrected chi connectivity index (χ2v) is 11.9. The highest BCUT2D eigenvalue weighted by molar-refractivity contribution is 6.06. The first-order valence-electron chi connectivity index (χ1n) is 14.4. The summed E-state index contributed by atoms with van der Waals surface area (Å²) in [5.74, 6) is 0. The van der Waals surface area contributed by atoms with Crippen LogP contribution in [0.25, 0.3) is 77.3 Å². The zero-order valence-electron chi connectivity index (χ0n) is 23.3. The number of furan rings is 1. The summed E-state index contributed by atoms with van der Waals surface area (Å²) in [7, 11) is 0. The van der Waals surface area contributed by atoms with Crippen molar-refractivity contribution in [3.63, 3.8) is 0 Å². The van der Waals surface area contributed by atoms with Gasteiger partial charge in [-0.05, 0) is 93.7 Å². The molecule has 0 saturated carbocycles. The lowest BCUT2D eigenvalue weighted by Gasteiger charge is -2.22. The third-order valence-electron chi connectivity index (χ3n) is 9.09. The SMILES string of the molecule is CC1(C)c2cc(-c3nc(-c4ccc5oc6ccccc6c5c4)cc4ncccc34)ccc2-c2cc3ccccc3cc21. The molecule has 0 fully saturated rings. The van der Waals surface area contributed by atoms with Crippen molar-refractivity contribution in [1.82, 2.24) is 9.97 Å². The van der Waals surface area contributed by atoms with Crippen molar-refractivity contribution >= 4 is 43.6 Å². The average molecular weight is 539 g/mol. The Morgan fingerprint density at radius 2 is 1.31 bits per heavy atom. The van der Waals surface area contributed by atoms with E-state index in [9.17, 15) is 0 Å². The summed E-state index contributed by atoms with van der Waals surface area (Å²) in [6.45, 7) is 4.67. The molecule has 0 N–H and O–H groups in total. The van der Waals surface area contributed by atoms with E-state index in [4.69, 9.17) is 14.4 Å². The fraction of sp³-hybridized carbons (Fsp3) is 0.0769. The van der Waals surface area contributed by atoms with Gasteiger partial charge in [0, 0.05) is 38.9 Å². The van der Waals surface area contributed by atoms with Crippen molar-refractivity contribution in [3.05, 3.63) is 133 Å². The smallest absolute Gasteiger partial charge is 0.135 e. The molecule has 9 rings (SSSR count). The molecule has 5 aromatic carbocycles. The summed E-state index contributed by atoms with van der Waals surface area (Å²) >= 11 is 0. The van der Waals surface area contributed by atoms with Gasteiger partial charge in [0.05, 0.1) is 16.9 Å². The van der Waals surface area contributed by atoms with E-state index in [0.717, 1.165) is 55.4 Å². The Bertz CT molecular complexity index is 2400. The standard InChI is InChI=1S/C39H26N2O/c1-39(2)32-21-26(13-15-27(32)30-18-23-8-3-4-9-24(23)20-33(30)39)38-29-11-7-17-40-35(29)22-34(41-38)25-14-16-37-31(19-25)28-10-5-6-12-36(28)42-37/h3-22H,1-2H3. The maximum Gasteiger partial charge on any atom is 0.135 e. The molecule has 42 heavy (non-hydrogen) atoms. The molecule has 3 heteroatoms. The van der Waals surface area contributed by atoms with Gasteiger partial charge in [0.1, 0.15) is 11.2 Å². The molecular weight excluding hydrogens is 512 g/mol. The molecule has 1 aliphatic rings. The van der Waals surface area contributed by atoms with Crippen LogP contribution in [0.15, 0.2) is 126 Å². The van der Waals surface area contributed by atoms with Crippen molar-refractivity contribution in [2.45, 2.75) is 19.3 Å². The van der Waals surface area contributed by atoms with Gasteiger partial charge in [-0.3, -0.25) is 4.98 Å². The van der Waals surface area contributed by atoms with Gasteiger partial charge >= 0.3 is 0 Å². The number of hydrogen-bond acceptors (Lipinski definition) is 3. The van der Waals surface area contributed by atoms with Gasteiger partial charge in [0.15, 0.2) is 0 Å². The Hall–Kier alpha value is -5.28. The Morgan fingerprint density at radius 3 is 2.21 bits per heavy atom. The molecule has 0 spiro atoms. The van der Waals surface area contributed by atoms with Crippen LogP contribution in [-0.4, -0.2) is 9.97 Å². The van der Waals surface area contributed by atoms with Crippen molar-refractivity contribution in [1.29, 1.82) is 0 Å². The van der Waals surface area contributed by atoms with Gasteiger partial charge in [-0.25, -0.2) is 4.98 Å². The number of benzene rings is 5. The van der Waals surface area contributed by atoms with E-state index in [1.807, 2.05) is 30.5 Å². The van der Waals surface area contributed by atoms with E-state index in [1.54, 1.807) is 0 Å². The zero-order valence-corrected chi connectivity index (χ0v) is 23.3. The third-order valence-corrected chi connectivity index (χ3v) is 9.09. The topological polar surface area (TPSA) is 38.9 Å². The van der Waals surface area contributed by atoms with Crippen LogP contribution >= 0.6 is 0 Å². The average Bonchev–Trinajstić information content (AvgIpc) is 3.51. The van der Waals surface area contributed by atoms with E-state index in [-0.39, 0.29) is 5.41 Å². The normalized spacial score (nSPS) is 13.7. The van der Waals surface area contributed by atoms with Gasteiger partial charge in [-0.2, -0.15) is 0 Å². The minimum atomic E-state index is -0.121. The van der Waals surface area contributed by atoms with E-state index in [1.165, 1.54) is 33.0 Å². The second-order valence-electron chi connectivity index (χ2n) is 11.9. The summed E-state index contributed by atoms with van der Waals surface area (Å²) in [4.78, 5) is 10.1. The Kier molecular flexibility index (Phi) is 4.67. The highest BCUT2D eigenvalue weighted by Gasteiger charge is 2.36. The number of hydrogen-bond donors (Lipinski definition) is 0. The molecule has 0 radical (unpaired) electrons.